The molecule has 1 unspecified atom stereocenters. The maximum atomic E-state index is 12.9. The van der Waals surface area contributed by atoms with E-state index in [0.29, 0.717) is 5.69 Å². The first-order valence-electron chi connectivity index (χ1n) is 9.39. The highest BCUT2D eigenvalue weighted by Gasteiger charge is 2.22. The summed E-state index contributed by atoms with van der Waals surface area (Å²) in [7, 11) is 1.63. The van der Waals surface area contributed by atoms with Crippen molar-refractivity contribution in [3.05, 3.63) is 65.6 Å². The van der Waals surface area contributed by atoms with Crippen molar-refractivity contribution in [3.8, 4) is 16.3 Å². The summed E-state index contributed by atoms with van der Waals surface area (Å²) in [5, 5.41) is 14.2. The van der Waals surface area contributed by atoms with Crippen LogP contribution in [0.1, 0.15) is 28.8 Å². The number of thiazole rings is 1. The number of hydrogen-bond donors (Lipinski definition) is 1. The lowest BCUT2D eigenvalue weighted by Gasteiger charge is -2.16. The highest BCUT2D eigenvalue weighted by Crippen LogP contribution is 2.26. The molecule has 0 aliphatic rings. The summed E-state index contributed by atoms with van der Waals surface area (Å²) in [6.07, 6.45) is 4.70. The van der Waals surface area contributed by atoms with Crippen molar-refractivity contribution in [2.24, 2.45) is 0 Å². The van der Waals surface area contributed by atoms with Gasteiger partial charge in [0.25, 0.3) is 5.91 Å². The second-order valence-electron chi connectivity index (χ2n) is 6.56. The van der Waals surface area contributed by atoms with Crippen molar-refractivity contribution in [1.29, 1.82) is 0 Å². The van der Waals surface area contributed by atoms with Crippen molar-refractivity contribution in [1.82, 2.24) is 24.9 Å². The zero-order chi connectivity index (χ0) is 20.9. The molecule has 4 rings (SSSR count). The Morgan fingerprint density at radius 2 is 2.07 bits per heavy atom. The van der Waals surface area contributed by atoms with Crippen LogP contribution >= 0.6 is 23.1 Å². The molecule has 4 aromatic rings. The van der Waals surface area contributed by atoms with Crippen LogP contribution in [0, 0.1) is 0 Å². The number of pyridine rings is 1. The number of nitrogens with one attached hydrogen (secondary N) is 1. The van der Waals surface area contributed by atoms with E-state index < -0.39 is 0 Å². The highest BCUT2D eigenvalue weighted by atomic mass is 32.2. The van der Waals surface area contributed by atoms with Gasteiger partial charge in [0.05, 0.1) is 13.2 Å². The Morgan fingerprint density at radius 1 is 1.23 bits per heavy atom. The minimum atomic E-state index is -0.256. The zero-order valence-electron chi connectivity index (χ0n) is 16.6. The highest BCUT2D eigenvalue weighted by molar-refractivity contribution is 7.98. The molecule has 1 N–H and O–H groups in total. The van der Waals surface area contributed by atoms with Crippen LogP contribution in [0.15, 0.2) is 54.0 Å². The Morgan fingerprint density at radius 3 is 2.83 bits per heavy atom. The van der Waals surface area contributed by atoms with E-state index in [0.717, 1.165) is 40.0 Å². The van der Waals surface area contributed by atoms with Crippen LogP contribution in [0.5, 0.6) is 5.75 Å². The molecule has 1 amide bonds. The summed E-state index contributed by atoms with van der Waals surface area (Å²) in [6, 6.07) is 13.1. The van der Waals surface area contributed by atoms with Gasteiger partial charge >= 0.3 is 0 Å². The first kappa shape index (κ1) is 20.4. The van der Waals surface area contributed by atoms with Crippen LogP contribution < -0.4 is 10.1 Å². The number of benzene rings is 1. The van der Waals surface area contributed by atoms with Gasteiger partial charge in [-0.15, -0.1) is 21.5 Å². The Kier molecular flexibility index (Phi) is 6.29. The summed E-state index contributed by atoms with van der Waals surface area (Å²) >= 11 is 3.17. The molecular weight excluding hydrogens is 418 g/mol. The summed E-state index contributed by atoms with van der Waals surface area (Å²) < 4.78 is 7.11. The number of aromatic nitrogens is 4. The molecule has 3 aromatic heterocycles. The smallest absolute Gasteiger partial charge is 0.271 e. The minimum Gasteiger partial charge on any atom is -0.497 e. The topological polar surface area (TPSA) is 81.4 Å². The van der Waals surface area contributed by atoms with Gasteiger partial charge in [-0.25, -0.2) is 4.98 Å². The number of carbonyl (C=O) groups is 1. The molecule has 154 valence electrons. The summed E-state index contributed by atoms with van der Waals surface area (Å²) in [6.45, 7) is 0. The van der Waals surface area contributed by atoms with Gasteiger partial charge in [-0.05, 0) is 54.8 Å². The third-order valence-corrected chi connectivity index (χ3v) is 6.18. The van der Waals surface area contributed by atoms with E-state index in [2.05, 4.69) is 20.5 Å². The van der Waals surface area contributed by atoms with Crippen molar-refractivity contribution < 1.29 is 9.53 Å². The van der Waals surface area contributed by atoms with E-state index in [9.17, 15) is 4.79 Å². The quantitative estimate of drug-likeness (QED) is 0.445. The van der Waals surface area contributed by atoms with Crippen LogP contribution in [-0.2, 0) is 0 Å². The van der Waals surface area contributed by atoms with E-state index in [4.69, 9.17) is 4.74 Å². The molecule has 0 bridgehead atoms. The summed E-state index contributed by atoms with van der Waals surface area (Å²) in [5.41, 5.74) is 2.10. The number of ether oxygens (including phenoxy) is 1. The lowest BCUT2D eigenvalue weighted by Crippen LogP contribution is -2.30. The van der Waals surface area contributed by atoms with Gasteiger partial charge in [-0.2, -0.15) is 11.8 Å². The lowest BCUT2D eigenvalue weighted by molar-refractivity contribution is 0.0929. The molecule has 9 heteroatoms. The number of methoxy groups -OCH3 is 1. The number of thioether (sulfide) groups is 1. The van der Waals surface area contributed by atoms with E-state index in [-0.39, 0.29) is 11.9 Å². The van der Waals surface area contributed by atoms with Gasteiger partial charge in [-0.1, -0.05) is 6.07 Å². The van der Waals surface area contributed by atoms with Crippen molar-refractivity contribution in [3.63, 3.8) is 0 Å². The van der Waals surface area contributed by atoms with Crippen LogP contribution in [0.4, 0.5) is 0 Å². The average molecular weight is 440 g/mol. The first-order chi connectivity index (χ1) is 14.7. The molecule has 0 saturated carbocycles. The Labute approximate surface area is 182 Å². The van der Waals surface area contributed by atoms with Gasteiger partial charge in [-0.3, -0.25) is 9.20 Å². The van der Waals surface area contributed by atoms with E-state index in [1.165, 1.54) is 11.3 Å². The summed E-state index contributed by atoms with van der Waals surface area (Å²) in [5.74, 6) is 2.18. The molecular formula is C21H21N5O2S2. The molecule has 0 saturated heterocycles. The monoisotopic (exact) mass is 439 g/mol. The molecule has 0 fully saturated rings. The average Bonchev–Trinajstić information content (AvgIpc) is 3.44. The third-order valence-electron chi connectivity index (χ3n) is 4.64. The number of fused-ring (bicyclic) bond motifs is 1. The second kappa shape index (κ2) is 9.27. The fourth-order valence-electron chi connectivity index (χ4n) is 3.08. The van der Waals surface area contributed by atoms with E-state index in [1.54, 1.807) is 24.3 Å². The molecule has 30 heavy (non-hydrogen) atoms. The largest absolute Gasteiger partial charge is 0.497 e. The predicted octanol–water partition coefficient (Wildman–Crippen LogP) is 4.09. The van der Waals surface area contributed by atoms with Crippen LogP contribution in [-0.4, -0.2) is 44.6 Å². The van der Waals surface area contributed by atoms with E-state index in [1.807, 2.05) is 59.3 Å². The van der Waals surface area contributed by atoms with Crippen LogP contribution in [0.3, 0.4) is 0 Å². The van der Waals surface area contributed by atoms with Gasteiger partial charge < -0.3 is 10.1 Å². The zero-order valence-corrected chi connectivity index (χ0v) is 18.2. The first-order valence-corrected chi connectivity index (χ1v) is 11.7. The van der Waals surface area contributed by atoms with Crippen molar-refractivity contribution in [2.45, 2.75) is 12.5 Å². The third kappa shape index (κ3) is 4.31. The van der Waals surface area contributed by atoms with Crippen LogP contribution in [0.2, 0.25) is 0 Å². The van der Waals surface area contributed by atoms with Crippen molar-refractivity contribution in [2.75, 3.05) is 19.1 Å². The SMILES string of the molecule is COc1ccc(-c2nc(C(=O)NC(CCSC)c3nnc4ccccn34)cs2)cc1. The number of carbonyl (C=O) groups excluding carboxylic acids is 1. The molecule has 1 atom stereocenters. The number of amides is 1. The fourth-order valence-corrected chi connectivity index (χ4v) is 4.35. The minimum absolute atomic E-state index is 0.218. The van der Waals surface area contributed by atoms with Crippen molar-refractivity contribution >= 4 is 34.7 Å². The van der Waals surface area contributed by atoms with Gasteiger partial charge in [0, 0.05) is 17.1 Å². The number of hydrogen-bond acceptors (Lipinski definition) is 7. The molecule has 0 spiro atoms. The Bertz CT molecular complexity index is 1140. The fraction of sp³-hybridized carbons (Fsp3) is 0.238. The molecule has 1 aromatic carbocycles. The van der Waals surface area contributed by atoms with Gasteiger partial charge in [0.1, 0.15) is 16.5 Å². The molecule has 0 aliphatic heterocycles. The normalized spacial score (nSPS) is 12.1. The molecule has 0 radical (unpaired) electrons. The standard InChI is InChI=1S/C21H21N5O2S2/c1-28-15-8-6-14(7-9-15)21-23-17(13-30-21)20(27)22-16(10-12-29-2)19-25-24-18-5-3-4-11-26(18)19/h3-9,11,13,16H,10,12H2,1-2H3,(H,22,27). The molecule has 0 aliphatic carbocycles. The van der Waals surface area contributed by atoms with Gasteiger partial charge in [0.2, 0.25) is 0 Å². The van der Waals surface area contributed by atoms with Crippen LogP contribution in [0.25, 0.3) is 16.2 Å². The Balaban J connectivity index is 1.54. The molecule has 3 heterocycles. The number of rotatable bonds is 8. The van der Waals surface area contributed by atoms with Gasteiger partial charge in [0.15, 0.2) is 11.5 Å². The molecule has 7 nitrogen and oxygen atoms in total. The number of nitrogens with zero attached hydrogens (tertiary/aromatic N) is 4. The Hall–Kier alpha value is -2.91. The predicted molar refractivity (Wildman–Crippen MR) is 120 cm³/mol. The second-order valence-corrected chi connectivity index (χ2v) is 8.40. The van der Waals surface area contributed by atoms with E-state index >= 15 is 0 Å². The maximum Gasteiger partial charge on any atom is 0.271 e. The maximum absolute atomic E-state index is 12.9. The lowest BCUT2D eigenvalue weighted by atomic mass is 10.2. The summed E-state index contributed by atoms with van der Waals surface area (Å²) in [4.78, 5) is 17.5.